The second kappa shape index (κ2) is 6.79. The first kappa shape index (κ1) is 16.3. The lowest BCUT2D eigenvalue weighted by molar-refractivity contribution is -0.135. The van der Waals surface area contributed by atoms with Crippen LogP contribution in [0.4, 0.5) is 19.0 Å². The van der Waals surface area contributed by atoms with E-state index in [1.165, 1.54) is 4.88 Å². The number of halogens is 4. The van der Waals surface area contributed by atoms with Gasteiger partial charge >= 0.3 is 6.18 Å². The molecule has 8 heteroatoms. The Balaban J connectivity index is 1.99. The van der Waals surface area contributed by atoms with Crippen molar-refractivity contribution in [3.05, 3.63) is 16.2 Å². The summed E-state index contributed by atoms with van der Waals surface area (Å²) in [4.78, 5) is 10.3. The molecule has 0 fully saturated rings. The van der Waals surface area contributed by atoms with Crippen LogP contribution >= 0.6 is 22.9 Å². The fourth-order valence-electron chi connectivity index (χ4n) is 1.91. The zero-order chi connectivity index (χ0) is 15.5. The van der Waals surface area contributed by atoms with Crippen LogP contribution in [0.25, 0.3) is 10.2 Å². The first-order chi connectivity index (χ1) is 9.89. The number of aromatic nitrogens is 2. The van der Waals surface area contributed by atoms with Crippen molar-refractivity contribution in [3.8, 4) is 0 Å². The Morgan fingerprint density at radius 1 is 1.29 bits per heavy atom. The van der Waals surface area contributed by atoms with E-state index in [0.717, 1.165) is 16.6 Å². The Morgan fingerprint density at radius 3 is 2.71 bits per heavy atom. The first-order valence-electron chi connectivity index (χ1n) is 6.65. The van der Waals surface area contributed by atoms with Gasteiger partial charge in [-0.1, -0.05) is 6.92 Å². The van der Waals surface area contributed by atoms with Crippen LogP contribution in [0.3, 0.4) is 0 Å². The number of anilines is 1. The molecule has 0 amide bonds. The molecular weight excluding hydrogens is 323 g/mol. The second-order valence-corrected chi connectivity index (χ2v) is 6.08. The largest absolute Gasteiger partial charge is 0.389 e. The van der Waals surface area contributed by atoms with Crippen molar-refractivity contribution in [2.24, 2.45) is 0 Å². The number of aryl methyl sites for hydroxylation is 1. The van der Waals surface area contributed by atoms with Gasteiger partial charge in [0.05, 0.1) is 5.39 Å². The molecule has 0 aliphatic rings. The van der Waals surface area contributed by atoms with E-state index in [9.17, 15) is 13.2 Å². The van der Waals surface area contributed by atoms with Gasteiger partial charge in [-0.2, -0.15) is 13.2 Å². The molecule has 116 valence electrons. The van der Waals surface area contributed by atoms with Gasteiger partial charge in [-0.25, -0.2) is 9.97 Å². The van der Waals surface area contributed by atoms with Gasteiger partial charge in [-0.15, -0.1) is 11.3 Å². The van der Waals surface area contributed by atoms with Crippen LogP contribution in [-0.4, -0.2) is 22.7 Å². The molecule has 0 saturated carbocycles. The second-order valence-electron chi connectivity index (χ2n) is 4.63. The molecule has 0 bridgehead atoms. The maximum Gasteiger partial charge on any atom is 0.389 e. The summed E-state index contributed by atoms with van der Waals surface area (Å²) in [6.45, 7) is 2.47. The van der Waals surface area contributed by atoms with Gasteiger partial charge in [-0.05, 0) is 36.9 Å². The van der Waals surface area contributed by atoms with E-state index in [1.54, 1.807) is 11.3 Å². The Morgan fingerprint density at radius 2 is 2.05 bits per heavy atom. The minimum atomic E-state index is -4.09. The maximum absolute atomic E-state index is 12.1. The van der Waals surface area contributed by atoms with Crippen LogP contribution in [0.2, 0.25) is 5.28 Å². The topological polar surface area (TPSA) is 37.8 Å². The number of alkyl halides is 3. The number of fused-ring (bicyclic) bond motifs is 1. The van der Waals surface area contributed by atoms with E-state index in [4.69, 9.17) is 11.6 Å². The van der Waals surface area contributed by atoms with Crippen molar-refractivity contribution in [2.45, 2.75) is 38.8 Å². The number of nitrogens with one attached hydrogen (secondary N) is 1. The summed E-state index contributed by atoms with van der Waals surface area (Å²) in [5.41, 5.74) is 0. The van der Waals surface area contributed by atoms with Crippen molar-refractivity contribution >= 4 is 39.0 Å². The molecule has 0 radical (unpaired) electrons. The van der Waals surface area contributed by atoms with Crippen molar-refractivity contribution in [2.75, 3.05) is 11.9 Å². The molecule has 2 aromatic rings. The molecule has 0 atom stereocenters. The summed E-state index contributed by atoms with van der Waals surface area (Å²) in [7, 11) is 0. The average Bonchev–Trinajstić information content (AvgIpc) is 2.79. The highest BCUT2D eigenvalue weighted by molar-refractivity contribution is 7.18. The van der Waals surface area contributed by atoms with Gasteiger partial charge in [0.15, 0.2) is 0 Å². The summed E-state index contributed by atoms with van der Waals surface area (Å²) in [6.07, 6.45) is -3.43. The van der Waals surface area contributed by atoms with Gasteiger partial charge in [0, 0.05) is 17.8 Å². The molecule has 21 heavy (non-hydrogen) atoms. The van der Waals surface area contributed by atoms with E-state index in [2.05, 4.69) is 15.3 Å². The predicted octanol–water partition coefficient (Wildman–Crippen LogP) is 5.05. The summed E-state index contributed by atoms with van der Waals surface area (Å²) < 4.78 is 36.2. The molecule has 0 aliphatic heterocycles. The fourth-order valence-corrected chi connectivity index (χ4v) is 3.10. The Kier molecular flexibility index (Phi) is 5.27. The quantitative estimate of drug-likeness (QED) is 0.592. The van der Waals surface area contributed by atoms with E-state index < -0.39 is 12.6 Å². The summed E-state index contributed by atoms with van der Waals surface area (Å²) in [5.74, 6) is 0.591. The highest BCUT2D eigenvalue weighted by Crippen LogP contribution is 2.30. The molecular formula is C13H15ClF3N3S. The number of unbranched alkanes of at least 4 members (excludes halogenated alkanes) is 1. The highest BCUT2D eigenvalue weighted by Gasteiger charge is 2.25. The third-order valence-electron chi connectivity index (χ3n) is 2.94. The Bertz CT molecular complexity index is 612. The van der Waals surface area contributed by atoms with E-state index in [-0.39, 0.29) is 11.7 Å². The van der Waals surface area contributed by atoms with Crippen LogP contribution < -0.4 is 5.32 Å². The summed E-state index contributed by atoms with van der Waals surface area (Å²) in [5, 5.41) is 4.07. The van der Waals surface area contributed by atoms with Crippen molar-refractivity contribution in [1.82, 2.24) is 9.97 Å². The Hall–Kier alpha value is -1.08. The molecule has 3 nitrogen and oxygen atoms in total. The zero-order valence-electron chi connectivity index (χ0n) is 11.4. The summed E-state index contributed by atoms with van der Waals surface area (Å²) in [6, 6.07) is 1.99. The van der Waals surface area contributed by atoms with Crippen LogP contribution in [0.15, 0.2) is 6.07 Å². The van der Waals surface area contributed by atoms with Crippen molar-refractivity contribution < 1.29 is 13.2 Å². The molecule has 0 saturated heterocycles. The lowest BCUT2D eigenvalue weighted by atomic mass is 10.2. The van der Waals surface area contributed by atoms with Crippen molar-refractivity contribution in [3.63, 3.8) is 0 Å². The van der Waals surface area contributed by atoms with E-state index in [0.29, 0.717) is 18.8 Å². The third kappa shape index (κ3) is 4.71. The van der Waals surface area contributed by atoms with Gasteiger partial charge in [-0.3, -0.25) is 0 Å². The fraction of sp³-hybridized carbons (Fsp3) is 0.538. The number of thiophene rings is 1. The van der Waals surface area contributed by atoms with Gasteiger partial charge in [0.2, 0.25) is 5.28 Å². The summed E-state index contributed by atoms with van der Waals surface area (Å²) >= 11 is 7.42. The molecule has 2 aromatic heterocycles. The number of nitrogens with zero attached hydrogens (tertiary/aromatic N) is 2. The molecule has 0 aromatic carbocycles. The van der Waals surface area contributed by atoms with Crippen LogP contribution in [0, 0.1) is 0 Å². The molecule has 1 N–H and O–H groups in total. The number of hydrogen-bond donors (Lipinski definition) is 1. The maximum atomic E-state index is 12.1. The molecule has 0 spiro atoms. The van der Waals surface area contributed by atoms with Crippen LogP contribution in [-0.2, 0) is 6.42 Å². The lowest BCUT2D eigenvalue weighted by Gasteiger charge is -2.08. The smallest absolute Gasteiger partial charge is 0.369 e. The van der Waals surface area contributed by atoms with Gasteiger partial charge in [0.25, 0.3) is 0 Å². The lowest BCUT2D eigenvalue weighted by Crippen LogP contribution is -2.09. The zero-order valence-corrected chi connectivity index (χ0v) is 13.0. The van der Waals surface area contributed by atoms with Crippen LogP contribution in [0.1, 0.15) is 31.1 Å². The standard InChI is InChI=1S/C13H15ClF3N3S/c1-2-8-7-9-10(19-12(14)20-11(9)21-8)18-6-4-3-5-13(15,16)17/h7H,2-6H2,1H3,(H,18,19,20). The average molecular weight is 338 g/mol. The van der Waals surface area contributed by atoms with Gasteiger partial charge in [0.1, 0.15) is 10.6 Å². The first-order valence-corrected chi connectivity index (χ1v) is 7.85. The highest BCUT2D eigenvalue weighted by atomic mass is 35.5. The molecule has 2 rings (SSSR count). The Labute approximate surface area is 129 Å². The third-order valence-corrected chi connectivity index (χ3v) is 4.29. The SMILES string of the molecule is CCc1cc2c(NCCCCC(F)(F)F)nc(Cl)nc2s1. The van der Waals surface area contributed by atoms with E-state index in [1.807, 2.05) is 13.0 Å². The predicted molar refractivity (Wildman–Crippen MR) is 80.2 cm³/mol. The number of hydrogen-bond acceptors (Lipinski definition) is 4. The molecule has 2 heterocycles. The molecule has 0 unspecified atom stereocenters. The van der Waals surface area contributed by atoms with E-state index >= 15 is 0 Å². The number of rotatable bonds is 6. The minimum Gasteiger partial charge on any atom is -0.369 e. The van der Waals surface area contributed by atoms with Crippen molar-refractivity contribution in [1.29, 1.82) is 0 Å². The molecule has 0 aliphatic carbocycles. The van der Waals surface area contributed by atoms with Gasteiger partial charge < -0.3 is 5.32 Å². The minimum absolute atomic E-state index is 0.0995. The normalized spacial score (nSPS) is 12.0. The van der Waals surface area contributed by atoms with Crippen LogP contribution in [0.5, 0.6) is 0 Å². The monoisotopic (exact) mass is 337 g/mol.